The highest BCUT2D eigenvalue weighted by Crippen LogP contribution is 2.45. The highest BCUT2D eigenvalue weighted by Gasteiger charge is 2.22. The fourth-order valence-corrected chi connectivity index (χ4v) is 9.26. The van der Waals surface area contributed by atoms with E-state index in [1.807, 2.05) is 11.3 Å². The van der Waals surface area contributed by atoms with Crippen molar-refractivity contribution in [3.05, 3.63) is 164 Å². The van der Waals surface area contributed by atoms with Crippen LogP contribution in [0.2, 0.25) is 0 Å². The average Bonchev–Trinajstić information content (AvgIpc) is 3.83. The van der Waals surface area contributed by atoms with Crippen LogP contribution in [0.1, 0.15) is 0 Å². The van der Waals surface area contributed by atoms with Crippen LogP contribution < -0.4 is 0 Å². The van der Waals surface area contributed by atoms with Crippen molar-refractivity contribution in [1.29, 1.82) is 0 Å². The van der Waals surface area contributed by atoms with Gasteiger partial charge in [-0.25, -0.2) is 4.98 Å². The Morgan fingerprint density at radius 1 is 0.429 bits per heavy atom. The van der Waals surface area contributed by atoms with Gasteiger partial charge in [0, 0.05) is 64.0 Å². The van der Waals surface area contributed by atoms with Crippen LogP contribution in [0, 0.1) is 0 Å². The summed E-state index contributed by atoms with van der Waals surface area (Å²) in [5.41, 5.74) is 10.2. The summed E-state index contributed by atoms with van der Waals surface area (Å²) in [5, 5.41) is 8.67. The van der Waals surface area contributed by atoms with E-state index in [9.17, 15) is 0 Å². The Labute approximate surface area is 285 Å². The Morgan fingerprint density at radius 2 is 1.00 bits per heavy atom. The van der Waals surface area contributed by atoms with Crippen LogP contribution in [0.15, 0.2) is 164 Å². The lowest BCUT2D eigenvalue weighted by Crippen LogP contribution is -1.99. The van der Waals surface area contributed by atoms with Gasteiger partial charge in [-0.1, -0.05) is 115 Å². The summed E-state index contributed by atoms with van der Waals surface area (Å²) in [4.78, 5) is 5.37. The highest BCUT2D eigenvalue weighted by atomic mass is 32.1. The molecule has 0 radical (unpaired) electrons. The molecular formula is C45H27N3S. The first-order valence-corrected chi connectivity index (χ1v) is 17.5. The molecule has 0 saturated carbocycles. The largest absolute Gasteiger partial charge is 0.307 e. The Kier molecular flexibility index (Phi) is 5.54. The van der Waals surface area contributed by atoms with Crippen molar-refractivity contribution in [2.45, 2.75) is 0 Å². The molecule has 0 unspecified atom stereocenters. The van der Waals surface area contributed by atoms with Gasteiger partial charge in [-0.3, -0.25) is 0 Å². The quantitative estimate of drug-likeness (QED) is 0.188. The molecule has 4 heteroatoms. The van der Waals surface area contributed by atoms with Gasteiger partial charge >= 0.3 is 0 Å². The molecule has 0 fully saturated rings. The van der Waals surface area contributed by atoms with E-state index in [1.54, 1.807) is 0 Å². The van der Waals surface area contributed by atoms with Crippen molar-refractivity contribution in [2.24, 2.45) is 0 Å². The molecule has 11 rings (SSSR count). The lowest BCUT2D eigenvalue weighted by molar-refractivity contribution is 1.15. The molecule has 0 atom stereocenters. The Balaban J connectivity index is 1.27. The number of pyridine rings is 1. The van der Waals surface area contributed by atoms with Crippen LogP contribution in [-0.2, 0) is 0 Å². The summed E-state index contributed by atoms with van der Waals surface area (Å²) < 4.78 is 7.49. The first-order valence-electron chi connectivity index (χ1n) is 16.6. The standard InChI is InChI=1S/C45H27N3S/c1-2-14-29(15-3-1)47-38-22-9-5-17-31(38)33-25-26-34-32-18-6-10-23-39(32)48(44(34)43(33)47)30-16-12-13-28(27-30)42-41-36-20-7-11-24-40(36)49-45(41)35-19-4-8-21-37(35)46-42/h1-27H. The maximum atomic E-state index is 5.37. The van der Waals surface area contributed by atoms with Crippen molar-refractivity contribution in [3.63, 3.8) is 0 Å². The predicted molar refractivity (Wildman–Crippen MR) is 209 cm³/mol. The second-order valence-corrected chi connectivity index (χ2v) is 13.8. The summed E-state index contributed by atoms with van der Waals surface area (Å²) in [6.45, 7) is 0. The van der Waals surface area contributed by atoms with Crippen LogP contribution in [-0.4, -0.2) is 14.1 Å². The van der Waals surface area contributed by atoms with Gasteiger partial charge in [0.2, 0.25) is 0 Å². The summed E-state index contributed by atoms with van der Waals surface area (Å²) in [5.74, 6) is 0. The molecule has 0 aliphatic carbocycles. The molecule has 7 aromatic carbocycles. The maximum absolute atomic E-state index is 5.37. The molecule has 228 valence electrons. The lowest BCUT2D eigenvalue weighted by Gasteiger charge is -2.14. The zero-order valence-corrected chi connectivity index (χ0v) is 27.2. The molecule has 0 amide bonds. The van der Waals surface area contributed by atoms with Crippen molar-refractivity contribution in [3.8, 4) is 22.6 Å². The number of fused-ring (bicyclic) bond motifs is 12. The first-order chi connectivity index (χ1) is 24.3. The highest BCUT2D eigenvalue weighted by molar-refractivity contribution is 7.26. The topological polar surface area (TPSA) is 22.8 Å². The van der Waals surface area contributed by atoms with E-state index in [0.29, 0.717) is 0 Å². The number of hydrogen-bond donors (Lipinski definition) is 0. The number of nitrogens with zero attached hydrogens (tertiary/aromatic N) is 3. The Hall–Kier alpha value is -6.23. The van der Waals surface area contributed by atoms with Crippen molar-refractivity contribution in [1.82, 2.24) is 14.1 Å². The van der Waals surface area contributed by atoms with Gasteiger partial charge in [0.25, 0.3) is 0 Å². The van der Waals surface area contributed by atoms with Crippen LogP contribution in [0.25, 0.3) is 97.3 Å². The summed E-state index contributed by atoms with van der Waals surface area (Å²) >= 11 is 1.86. The number of rotatable bonds is 3. The zero-order chi connectivity index (χ0) is 32.1. The molecule has 11 aromatic rings. The number of aromatic nitrogens is 3. The van der Waals surface area contributed by atoms with E-state index in [4.69, 9.17) is 4.98 Å². The molecule has 0 saturated heterocycles. The normalized spacial score (nSPS) is 12.1. The van der Waals surface area contributed by atoms with Gasteiger partial charge in [0.15, 0.2) is 0 Å². The van der Waals surface area contributed by atoms with Crippen molar-refractivity contribution >= 4 is 86.0 Å². The molecule has 4 aromatic heterocycles. The zero-order valence-electron chi connectivity index (χ0n) is 26.3. The van der Waals surface area contributed by atoms with Gasteiger partial charge in [-0.2, -0.15) is 0 Å². The maximum Gasteiger partial charge on any atom is 0.0803 e. The van der Waals surface area contributed by atoms with Gasteiger partial charge in [0.05, 0.1) is 33.3 Å². The molecule has 0 N–H and O–H groups in total. The van der Waals surface area contributed by atoms with Crippen LogP contribution in [0.5, 0.6) is 0 Å². The van der Waals surface area contributed by atoms with Crippen LogP contribution in [0.4, 0.5) is 0 Å². The molecule has 4 heterocycles. The minimum absolute atomic E-state index is 1.02. The van der Waals surface area contributed by atoms with Gasteiger partial charge in [-0.15, -0.1) is 11.3 Å². The number of benzene rings is 7. The molecular weight excluding hydrogens is 615 g/mol. The van der Waals surface area contributed by atoms with E-state index >= 15 is 0 Å². The van der Waals surface area contributed by atoms with Gasteiger partial charge < -0.3 is 9.13 Å². The number of hydrogen-bond acceptors (Lipinski definition) is 2. The van der Waals surface area contributed by atoms with Gasteiger partial charge in [-0.05, 0) is 48.5 Å². The van der Waals surface area contributed by atoms with E-state index in [0.717, 1.165) is 28.1 Å². The second kappa shape index (κ2) is 10.1. The molecule has 3 nitrogen and oxygen atoms in total. The fourth-order valence-electron chi connectivity index (χ4n) is 8.03. The third-order valence-electron chi connectivity index (χ3n) is 10.1. The Bertz CT molecular complexity index is 3110. The number of thiophene rings is 1. The van der Waals surface area contributed by atoms with E-state index in [2.05, 4.69) is 173 Å². The van der Waals surface area contributed by atoms with E-state index in [-0.39, 0.29) is 0 Å². The van der Waals surface area contributed by atoms with E-state index < -0.39 is 0 Å². The monoisotopic (exact) mass is 641 g/mol. The molecule has 0 bridgehead atoms. The average molecular weight is 642 g/mol. The number of para-hydroxylation sites is 4. The molecule has 49 heavy (non-hydrogen) atoms. The van der Waals surface area contributed by atoms with E-state index in [1.165, 1.54) is 69.2 Å². The summed E-state index contributed by atoms with van der Waals surface area (Å²) in [6.07, 6.45) is 0. The smallest absolute Gasteiger partial charge is 0.0803 e. The minimum Gasteiger partial charge on any atom is -0.307 e. The first kappa shape index (κ1) is 26.8. The molecule has 0 aliphatic rings. The second-order valence-electron chi connectivity index (χ2n) is 12.7. The third-order valence-corrected chi connectivity index (χ3v) is 11.3. The SMILES string of the molecule is c1ccc(-n2c3ccccc3c3ccc4c5ccccc5n(-c5cccc(-c6nc7ccccc7c7sc8ccccc8c67)c5)c4c32)cc1. The van der Waals surface area contributed by atoms with Crippen LogP contribution in [0.3, 0.4) is 0 Å². The Morgan fingerprint density at radius 3 is 1.73 bits per heavy atom. The van der Waals surface area contributed by atoms with Crippen molar-refractivity contribution < 1.29 is 0 Å². The van der Waals surface area contributed by atoms with Gasteiger partial charge in [0.1, 0.15) is 0 Å². The van der Waals surface area contributed by atoms with Crippen molar-refractivity contribution in [2.75, 3.05) is 0 Å². The molecule has 0 aliphatic heterocycles. The predicted octanol–water partition coefficient (Wildman–Crippen LogP) is 12.5. The lowest BCUT2D eigenvalue weighted by atomic mass is 10.0. The van der Waals surface area contributed by atoms with Crippen LogP contribution >= 0.6 is 11.3 Å². The molecule has 0 spiro atoms. The fraction of sp³-hybridized carbons (Fsp3) is 0. The minimum atomic E-state index is 1.02. The third kappa shape index (κ3) is 3.75. The summed E-state index contributed by atoms with van der Waals surface area (Å²) in [6, 6.07) is 59.2. The summed E-state index contributed by atoms with van der Waals surface area (Å²) in [7, 11) is 0.